The lowest BCUT2D eigenvalue weighted by molar-refractivity contribution is -0.116. The lowest BCUT2D eigenvalue weighted by atomic mass is 10.3. The fourth-order valence-corrected chi connectivity index (χ4v) is 2.44. The molecule has 2 aromatic rings. The second kappa shape index (κ2) is 3.58. The van der Waals surface area contributed by atoms with Gasteiger partial charge in [0.05, 0.1) is 10.2 Å². The number of thiazole rings is 1. The predicted molar refractivity (Wildman–Crippen MR) is 57.0 cm³/mol. The molecule has 0 atom stereocenters. The maximum atomic E-state index is 12.9. The number of hydrogen-bond donors (Lipinski definition) is 0. The van der Waals surface area contributed by atoms with Gasteiger partial charge in [-0.2, -0.15) is 4.99 Å². The minimum atomic E-state index is -0.279. The summed E-state index contributed by atoms with van der Waals surface area (Å²) in [5.41, 5.74) is 0.876. The van der Waals surface area contributed by atoms with Gasteiger partial charge in [0.25, 0.3) is 0 Å². The molecule has 15 heavy (non-hydrogen) atoms. The highest BCUT2D eigenvalue weighted by Crippen LogP contribution is 2.17. The Morgan fingerprint density at radius 2 is 2.27 bits per heavy atom. The number of benzene rings is 1. The Bertz CT molecular complexity index is 597. The lowest BCUT2D eigenvalue weighted by Crippen LogP contribution is -2.11. The van der Waals surface area contributed by atoms with Gasteiger partial charge in [-0.15, -0.1) is 0 Å². The summed E-state index contributed by atoms with van der Waals surface area (Å²) < 4.78 is 15.5. The molecule has 5 heteroatoms. The van der Waals surface area contributed by atoms with Crippen molar-refractivity contribution in [3.05, 3.63) is 28.8 Å². The molecule has 1 heterocycles. The van der Waals surface area contributed by atoms with Crippen LogP contribution in [-0.2, 0) is 11.8 Å². The molecule has 0 saturated carbocycles. The van der Waals surface area contributed by atoms with Crippen LogP contribution in [0.4, 0.5) is 4.39 Å². The van der Waals surface area contributed by atoms with Crippen LogP contribution in [0.5, 0.6) is 0 Å². The summed E-state index contributed by atoms with van der Waals surface area (Å²) in [6, 6.07) is 4.52. The Morgan fingerprint density at radius 1 is 1.53 bits per heavy atom. The monoisotopic (exact) mass is 224 g/mol. The summed E-state index contributed by atoms with van der Waals surface area (Å²) in [5.74, 6) is -0.531. The fourth-order valence-electron chi connectivity index (χ4n) is 1.35. The third-order valence-corrected chi connectivity index (χ3v) is 3.12. The Morgan fingerprint density at radius 3 is 2.93 bits per heavy atom. The molecule has 1 aromatic carbocycles. The van der Waals surface area contributed by atoms with Gasteiger partial charge in [0.2, 0.25) is 5.91 Å². The van der Waals surface area contributed by atoms with Gasteiger partial charge in [0, 0.05) is 14.0 Å². The number of fused-ring (bicyclic) bond motifs is 1. The molecule has 0 bridgehead atoms. The van der Waals surface area contributed by atoms with E-state index in [1.54, 1.807) is 17.7 Å². The second-order valence-corrected chi connectivity index (χ2v) is 4.20. The van der Waals surface area contributed by atoms with E-state index in [0.29, 0.717) is 4.80 Å². The largest absolute Gasteiger partial charge is 0.319 e. The predicted octanol–water partition coefficient (Wildman–Crippen LogP) is 1.83. The molecule has 3 nitrogen and oxygen atoms in total. The molecule has 0 fully saturated rings. The van der Waals surface area contributed by atoms with E-state index in [4.69, 9.17) is 0 Å². The van der Waals surface area contributed by atoms with E-state index in [1.165, 1.54) is 30.4 Å². The van der Waals surface area contributed by atoms with Crippen molar-refractivity contribution in [3.8, 4) is 0 Å². The van der Waals surface area contributed by atoms with Crippen molar-refractivity contribution >= 4 is 27.5 Å². The highest BCUT2D eigenvalue weighted by atomic mass is 32.1. The van der Waals surface area contributed by atoms with E-state index >= 15 is 0 Å². The second-order valence-electron chi connectivity index (χ2n) is 3.19. The van der Waals surface area contributed by atoms with Crippen molar-refractivity contribution in [2.45, 2.75) is 6.92 Å². The van der Waals surface area contributed by atoms with Crippen molar-refractivity contribution in [1.29, 1.82) is 0 Å². The number of aryl methyl sites for hydroxylation is 1. The third-order valence-electron chi connectivity index (χ3n) is 2.02. The van der Waals surface area contributed by atoms with Crippen molar-refractivity contribution < 1.29 is 9.18 Å². The normalized spacial score (nSPS) is 12.3. The molecule has 78 valence electrons. The Balaban J connectivity index is 2.80. The number of carbonyl (C=O) groups excluding carboxylic acids is 1. The maximum absolute atomic E-state index is 12.9. The van der Waals surface area contributed by atoms with Crippen LogP contribution in [0.3, 0.4) is 0 Å². The quantitative estimate of drug-likeness (QED) is 0.672. The van der Waals surface area contributed by atoms with Gasteiger partial charge in [-0.05, 0) is 18.2 Å². The first-order valence-corrected chi connectivity index (χ1v) is 5.20. The summed E-state index contributed by atoms with van der Waals surface area (Å²) >= 11 is 1.30. The van der Waals surface area contributed by atoms with Crippen LogP contribution in [0, 0.1) is 5.82 Å². The van der Waals surface area contributed by atoms with Gasteiger partial charge in [-0.25, -0.2) is 4.39 Å². The molecule has 2 rings (SSSR count). The molecule has 0 radical (unpaired) electrons. The summed E-state index contributed by atoms with van der Waals surface area (Å²) in [6.45, 7) is 1.39. The van der Waals surface area contributed by atoms with E-state index in [0.717, 1.165) is 10.2 Å². The smallest absolute Gasteiger partial charge is 0.245 e. The highest BCUT2D eigenvalue weighted by Gasteiger charge is 2.03. The number of amides is 1. The number of nitrogens with zero attached hydrogens (tertiary/aromatic N) is 2. The van der Waals surface area contributed by atoms with Gasteiger partial charge in [0.15, 0.2) is 4.80 Å². The average Bonchev–Trinajstić information content (AvgIpc) is 2.42. The lowest BCUT2D eigenvalue weighted by Gasteiger charge is -1.93. The molecule has 0 aliphatic rings. The average molecular weight is 224 g/mol. The first kappa shape index (κ1) is 10.0. The van der Waals surface area contributed by atoms with E-state index in [2.05, 4.69) is 4.99 Å². The van der Waals surface area contributed by atoms with Crippen molar-refractivity contribution in [1.82, 2.24) is 4.57 Å². The van der Waals surface area contributed by atoms with Crippen LogP contribution < -0.4 is 4.80 Å². The standard InChI is InChI=1S/C10H9FN2OS/c1-6(14)12-10-13(2)8-4-3-7(11)5-9(8)15-10/h3-5H,1-2H3. The molecular weight excluding hydrogens is 215 g/mol. The van der Waals surface area contributed by atoms with Gasteiger partial charge in [0.1, 0.15) is 5.82 Å². The van der Waals surface area contributed by atoms with Gasteiger partial charge < -0.3 is 4.57 Å². The molecule has 1 amide bonds. The number of halogens is 1. The fraction of sp³-hybridized carbons (Fsp3) is 0.200. The van der Waals surface area contributed by atoms with Gasteiger partial charge in [-0.3, -0.25) is 4.79 Å². The van der Waals surface area contributed by atoms with Crippen molar-refractivity contribution in [2.75, 3.05) is 0 Å². The van der Waals surface area contributed by atoms with E-state index < -0.39 is 0 Å². The Labute approximate surface area is 89.5 Å². The first-order valence-electron chi connectivity index (χ1n) is 4.38. The van der Waals surface area contributed by atoms with Crippen LogP contribution >= 0.6 is 11.3 Å². The Kier molecular flexibility index (Phi) is 2.40. The molecule has 0 unspecified atom stereocenters. The number of rotatable bonds is 0. The minimum absolute atomic E-state index is 0.252. The van der Waals surface area contributed by atoms with E-state index in [9.17, 15) is 9.18 Å². The number of aromatic nitrogens is 1. The molecule has 0 spiro atoms. The van der Waals surface area contributed by atoms with Crippen LogP contribution in [-0.4, -0.2) is 10.5 Å². The topological polar surface area (TPSA) is 34.4 Å². The van der Waals surface area contributed by atoms with E-state index in [1.807, 2.05) is 0 Å². The SMILES string of the molecule is CC(=O)N=c1sc2cc(F)ccc2n1C. The van der Waals surface area contributed by atoms with Crippen molar-refractivity contribution in [3.63, 3.8) is 0 Å². The molecule has 0 aliphatic heterocycles. The highest BCUT2D eigenvalue weighted by molar-refractivity contribution is 7.16. The zero-order valence-corrected chi connectivity index (χ0v) is 9.14. The van der Waals surface area contributed by atoms with E-state index in [-0.39, 0.29) is 11.7 Å². The van der Waals surface area contributed by atoms with Gasteiger partial charge >= 0.3 is 0 Å². The Hall–Kier alpha value is -1.49. The molecule has 0 aliphatic carbocycles. The zero-order valence-electron chi connectivity index (χ0n) is 8.32. The number of carbonyl (C=O) groups is 1. The van der Waals surface area contributed by atoms with Crippen molar-refractivity contribution in [2.24, 2.45) is 12.0 Å². The molecule has 0 saturated heterocycles. The summed E-state index contributed by atoms with van der Waals surface area (Å²) in [6.07, 6.45) is 0. The van der Waals surface area contributed by atoms with Gasteiger partial charge in [-0.1, -0.05) is 11.3 Å². The summed E-state index contributed by atoms with van der Waals surface area (Å²) in [5, 5.41) is 0. The summed E-state index contributed by atoms with van der Waals surface area (Å²) in [7, 11) is 1.80. The first-order chi connectivity index (χ1) is 7.08. The summed E-state index contributed by atoms with van der Waals surface area (Å²) in [4.78, 5) is 15.3. The molecular formula is C10H9FN2OS. The number of hydrogen-bond acceptors (Lipinski definition) is 2. The third kappa shape index (κ3) is 1.83. The minimum Gasteiger partial charge on any atom is -0.319 e. The molecule has 0 N–H and O–H groups in total. The van der Waals surface area contributed by atoms with Crippen LogP contribution in [0.25, 0.3) is 10.2 Å². The zero-order chi connectivity index (χ0) is 11.0. The van der Waals surface area contributed by atoms with Crippen LogP contribution in [0.2, 0.25) is 0 Å². The molecule has 1 aromatic heterocycles. The van der Waals surface area contributed by atoms with Crippen LogP contribution in [0.1, 0.15) is 6.92 Å². The van der Waals surface area contributed by atoms with Crippen LogP contribution in [0.15, 0.2) is 23.2 Å². The maximum Gasteiger partial charge on any atom is 0.245 e.